The number of rotatable bonds is 5. The summed E-state index contributed by atoms with van der Waals surface area (Å²) in [5.74, 6) is 1.08. The lowest BCUT2D eigenvalue weighted by atomic mass is 9.82. The standard InChI is InChI=1S/C16H30N2O/c1-4-13-16(19)18(15(6-3)17-13)14(5-2)12-10-8-7-9-11-12/h12-15,17H,4-11H2,1-3H3. The van der Waals surface area contributed by atoms with Gasteiger partial charge in [-0.1, -0.05) is 40.0 Å². The minimum Gasteiger partial charge on any atom is -0.323 e. The Bertz CT molecular complexity index is 299. The molecule has 0 spiro atoms. The third-order valence-electron chi connectivity index (χ3n) is 5.05. The van der Waals surface area contributed by atoms with E-state index in [0.29, 0.717) is 11.9 Å². The molecule has 3 heteroatoms. The summed E-state index contributed by atoms with van der Waals surface area (Å²) >= 11 is 0. The molecule has 0 aromatic rings. The van der Waals surface area contributed by atoms with Gasteiger partial charge in [0, 0.05) is 6.04 Å². The maximum absolute atomic E-state index is 12.6. The molecule has 0 aromatic heterocycles. The van der Waals surface area contributed by atoms with Crippen molar-refractivity contribution in [2.45, 2.75) is 90.4 Å². The van der Waals surface area contributed by atoms with Crippen molar-refractivity contribution in [2.75, 3.05) is 0 Å². The smallest absolute Gasteiger partial charge is 0.241 e. The third kappa shape index (κ3) is 2.96. The zero-order valence-electron chi connectivity index (χ0n) is 12.8. The number of nitrogens with one attached hydrogen (secondary N) is 1. The summed E-state index contributed by atoms with van der Waals surface area (Å²) in [6.07, 6.45) is 10.0. The minimum absolute atomic E-state index is 0.0580. The number of hydrogen-bond donors (Lipinski definition) is 1. The minimum atomic E-state index is 0.0580. The summed E-state index contributed by atoms with van der Waals surface area (Å²) in [6.45, 7) is 6.54. The Balaban J connectivity index is 2.12. The zero-order chi connectivity index (χ0) is 13.8. The SMILES string of the molecule is CCC1NC(CC)N(C(CC)C2CCCCC2)C1=O. The van der Waals surface area contributed by atoms with Crippen molar-refractivity contribution in [3.8, 4) is 0 Å². The van der Waals surface area contributed by atoms with Crippen LogP contribution >= 0.6 is 0 Å². The molecule has 1 saturated heterocycles. The van der Waals surface area contributed by atoms with Gasteiger partial charge in [-0.05, 0) is 38.0 Å². The summed E-state index contributed by atoms with van der Waals surface area (Å²) in [4.78, 5) is 14.8. The van der Waals surface area contributed by atoms with Crippen LogP contribution in [0.3, 0.4) is 0 Å². The second-order valence-electron chi connectivity index (χ2n) is 6.17. The van der Waals surface area contributed by atoms with Crippen LogP contribution < -0.4 is 5.32 Å². The van der Waals surface area contributed by atoms with Crippen molar-refractivity contribution in [3.05, 3.63) is 0 Å². The second kappa shape index (κ2) is 6.74. The Kier molecular flexibility index (Phi) is 5.26. The molecule has 2 fully saturated rings. The van der Waals surface area contributed by atoms with E-state index in [2.05, 4.69) is 31.0 Å². The number of carbonyl (C=O) groups excluding carboxylic acids is 1. The lowest BCUT2D eigenvalue weighted by molar-refractivity contribution is -0.134. The van der Waals surface area contributed by atoms with Gasteiger partial charge in [0.25, 0.3) is 0 Å². The van der Waals surface area contributed by atoms with E-state index in [1.807, 2.05) is 0 Å². The number of amides is 1. The fraction of sp³-hybridized carbons (Fsp3) is 0.938. The highest BCUT2D eigenvalue weighted by atomic mass is 16.2. The normalized spacial score (nSPS) is 30.9. The average molecular weight is 266 g/mol. The molecule has 1 aliphatic heterocycles. The molecule has 3 unspecified atom stereocenters. The molecule has 2 aliphatic rings. The first-order valence-corrected chi connectivity index (χ1v) is 8.31. The topological polar surface area (TPSA) is 32.3 Å². The highest BCUT2D eigenvalue weighted by Crippen LogP contribution is 2.33. The van der Waals surface area contributed by atoms with Crippen molar-refractivity contribution in [2.24, 2.45) is 5.92 Å². The van der Waals surface area contributed by atoms with Gasteiger partial charge in [-0.2, -0.15) is 0 Å². The fourth-order valence-corrected chi connectivity index (χ4v) is 4.00. The van der Waals surface area contributed by atoms with Crippen molar-refractivity contribution in [1.29, 1.82) is 0 Å². The first-order valence-electron chi connectivity index (χ1n) is 8.31. The summed E-state index contributed by atoms with van der Waals surface area (Å²) in [6, 6.07) is 0.518. The van der Waals surface area contributed by atoms with Gasteiger partial charge in [-0.25, -0.2) is 0 Å². The average Bonchev–Trinajstić information content (AvgIpc) is 2.78. The van der Waals surface area contributed by atoms with E-state index >= 15 is 0 Å². The first-order chi connectivity index (χ1) is 9.22. The van der Waals surface area contributed by atoms with Crippen LogP contribution in [-0.4, -0.2) is 29.1 Å². The molecule has 3 nitrogen and oxygen atoms in total. The molecule has 1 heterocycles. The predicted molar refractivity (Wildman–Crippen MR) is 78.8 cm³/mol. The van der Waals surface area contributed by atoms with E-state index < -0.39 is 0 Å². The molecule has 0 aromatic carbocycles. The number of hydrogen-bond acceptors (Lipinski definition) is 2. The monoisotopic (exact) mass is 266 g/mol. The van der Waals surface area contributed by atoms with Gasteiger partial charge in [0.2, 0.25) is 5.91 Å². The molecule has 1 saturated carbocycles. The summed E-state index contributed by atoms with van der Waals surface area (Å²) < 4.78 is 0. The zero-order valence-corrected chi connectivity index (χ0v) is 12.8. The van der Waals surface area contributed by atoms with E-state index in [9.17, 15) is 4.79 Å². The van der Waals surface area contributed by atoms with Crippen LogP contribution in [-0.2, 0) is 4.79 Å². The molecular weight excluding hydrogens is 236 g/mol. The molecule has 3 atom stereocenters. The van der Waals surface area contributed by atoms with Gasteiger partial charge in [0.15, 0.2) is 0 Å². The highest BCUT2D eigenvalue weighted by molar-refractivity contribution is 5.84. The highest BCUT2D eigenvalue weighted by Gasteiger charge is 2.42. The van der Waals surface area contributed by atoms with Crippen molar-refractivity contribution < 1.29 is 4.79 Å². The van der Waals surface area contributed by atoms with Crippen molar-refractivity contribution in [1.82, 2.24) is 10.2 Å². The van der Waals surface area contributed by atoms with Gasteiger partial charge < -0.3 is 4.90 Å². The number of nitrogens with zero attached hydrogens (tertiary/aromatic N) is 1. The lowest BCUT2D eigenvalue weighted by Crippen LogP contribution is -2.48. The molecule has 1 N–H and O–H groups in total. The van der Waals surface area contributed by atoms with Gasteiger partial charge in [0.1, 0.15) is 0 Å². The molecule has 2 rings (SSSR count). The van der Waals surface area contributed by atoms with E-state index in [4.69, 9.17) is 0 Å². The summed E-state index contributed by atoms with van der Waals surface area (Å²) in [5, 5.41) is 3.52. The Morgan fingerprint density at radius 2 is 1.84 bits per heavy atom. The van der Waals surface area contributed by atoms with E-state index in [1.165, 1.54) is 32.1 Å². The van der Waals surface area contributed by atoms with Crippen LogP contribution in [0.2, 0.25) is 0 Å². The number of carbonyl (C=O) groups is 1. The molecule has 1 aliphatic carbocycles. The van der Waals surface area contributed by atoms with Crippen LogP contribution in [0.15, 0.2) is 0 Å². The van der Waals surface area contributed by atoms with Crippen molar-refractivity contribution >= 4 is 5.91 Å². The van der Waals surface area contributed by atoms with E-state index in [1.54, 1.807) is 0 Å². The first kappa shape index (κ1) is 14.8. The summed E-state index contributed by atoms with van der Waals surface area (Å²) in [5.41, 5.74) is 0. The van der Waals surface area contributed by atoms with Gasteiger partial charge >= 0.3 is 0 Å². The fourth-order valence-electron chi connectivity index (χ4n) is 4.00. The van der Waals surface area contributed by atoms with Crippen LogP contribution in [0.25, 0.3) is 0 Å². The maximum Gasteiger partial charge on any atom is 0.241 e. The Morgan fingerprint density at radius 1 is 1.16 bits per heavy atom. The van der Waals surface area contributed by atoms with E-state index in [0.717, 1.165) is 25.2 Å². The molecule has 110 valence electrons. The van der Waals surface area contributed by atoms with Crippen LogP contribution in [0.4, 0.5) is 0 Å². The largest absolute Gasteiger partial charge is 0.323 e. The Hall–Kier alpha value is -0.570. The lowest BCUT2D eigenvalue weighted by Gasteiger charge is -2.39. The van der Waals surface area contributed by atoms with Crippen molar-refractivity contribution in [3.63, 3.8) is 0 Å². The Morgan fingerprint density at radius 3 is 2.37 bits per heavy atom. The molecule has 1 amide bonds. The van der Waals surface area contributed by atoms with Crippen LogP contribution in [0.1, 0.15) is 72.1 Å². The Labute approximate surface area is 118 Å². The van der Waals surface area contributed by atoms with Gasteiger partial charge in [-0.15, -0.1) is 0 Å². The molecule has 19 heavy (non-hydrogen) atoms. The van der Waals surface area contributed by atoms with E-state index in [-0.39, 0.29) is 12.2 Å². The van der Waals surface area contributed by atoms with Crippen LogP contribution in [0.5, 0.6) is 0 Å². The molecule has 0 bridgehead atoms. The molecular formula is C16H30N2O. The van der Waals surface area contributed by atoms with Gasteiger partial charge in [-0.3, -0.25) is 10.1 Å². The summed E-state index contributed by atoms with van der Waals surface area (Å²) in [7, 11) is 0. The third-order valence-corrected chi connectivity index (χ3v) is 5.05. The quantitative estimate of drug-likeness (QED) is 0.828. The van der Waals surface area contributed by atoms with Gasteiger partial charge in [0.05, 0.1) is 12.2 Å². The molecule has 0 radical (unpaired) electrons. The predicted octanol–water partition coefficient (Wildman–Crippen LogP) is 3.29. The maximum atomic E-state index is 12.6. The van der Waals surface area contributed by atoms with Crippen LogP contribution in [0, 0.1) is 5.92 Å². The second-order valence-corrected chi connectivity index (χ2v) is 6.17.